The predicted octanol–water partition coefficient (Wildman–Crippen LogP) is 6.79. The van der Waals surface area contributed by atoms with Crippen LogP contribution in [0, 0.1) is 0 Å². The van der Waals surface area contributed by atoms with E-state index in [4.69, 9.17) is 9.47 Å². The molecule has 0 spiro atoms. The third-order valence-corrected chi connectivity index (χ3v) is 7.11. The summed E-state index contributed by atoms with van der Waals surface area (Å²) < 4.78 is 13.2. The van der Waals surface area contributed by atoms with E-state index in [9.17, 15) is 9.59 Å². The molecule has 8 heteroatoms. The molecule has 0 aliphatic carbocycles. The van der Waals surface area contributed by atoms with Crippen molar-refractivity contribution in [2.24, 2.45) is 0 Å². The maximum atomic E-state index is 13.7. The van der Waals surface area contributed by atoms with Gasteiger partial charge in [0.05, 0.1) is 16.2 Å². The number of thioether (sulfide) groups is 1. The quantitative estimate of drug-likeness (QED) is 0.341. The molecule has 0 unspecified atom stereocenters. The maximum absolute atomic E-state index is 13.7. The Morgan fingerprint density at radius 1 is 0.816 bits per heavy atom. The molecule has 1 aliphatic heterocycles. The first-order valence-electron chi connectivity index (χ1n) is 13.1. The molecular weight excluding hydrogens is 498 g/mol. The number of carbonyl (C=O) groups is 2. The molecule has 0 saturated carbocycles. The molecule has 2 heterocycles. The summed E-state index contributed by atoms with van der Waals surface area (Å²) in [5.41, 5.74) is 2.95. The van der Waals surface area contributed by atoms with E-state index < -0.39 is 11.2 Å². The first-order valence-corrected chi connectivity index (χ1v) is 14.3. The zero-order valence-electron chi connectivity index (χ0n) is 23.5. The van der Waals surface area contributed by atoms with Crippen molar-refractivity contribution in [2.75, 3.05) is 37.3 Å². The summed E-state index contributed by atoms with van der Waals surface area (Å²) in [6.45, 7) is 13.7. The minimum absolute atomic E-state index is 0.290. The van der Waals surface area contributed by atoms with E-state index >= 15 is 0 Å². The Balaban J connectivity index is 1.76. The van der Waals surface area contributed by atoms with Crippen molar-refractivity contribution in [3.63, 3.8) is 0 Å². The first kappa shape index (κ1) is 27.9. The normalized spacial score (nSPS) is 14.6. The van der Waals surface area contributed by atoms with Crippen LogP contribution >= 0.6 is 11.8 Å². The number of nitrogens with zero attached hydrogens (tertiary/aromatic N) is 3. The van der Waals surface area contributed by atoms with Gasteiger partial charge in [0.15, 0.2) is 0 Å². The summed E-state index contributed by atoms with van der Waals surface area (Å²) in [4.78, 5) is 30.3. The summed E-state index contributed by atoms with van der Waals surface area (Å²) in [5, 5.41) is 1.93. The van der Waals surface area contributed by atoms with Crippen molar-refractivity contribution < 1.29 is 19.1 Å². The van der Waals surface area contributed by atoms with E-state index in [0.29, 0.717) is 32.6 Å². The van der Waals surface area contributed by atoms with Gasteiger partial charge in [-0.2, -0.15) is 0 Å². The molecule has 0 atom stereocenters. The van der Waals surface area contributed by atoms with Gasteiger partial charge in [0, 0.05) is 38.0 Å². The number of aromatic nitrogens is 1. The molecule has 4 rings (SSSR count). The lowest BCUT2D eigenvalue weighted by Gasteiger charge is -2.37. The Hall–Kier alpha value is -3.13. The molecule has 7 nitrogen and oxygen atoms in total. The van der Waals surface area contributed by atoms with Gasteiger partial charge in [0.2, 0.25) is 0 Å². The molecule has 0 radical (unpaired) electrons. The van der Waals surface area contributed by atoms with Crippen molar-refractivity contribution >= 4 is 40.5 Å². The van der Waals surface area contributed by atoms with Crippen molar-refractivity contribution in [3.05, 3.63) is 59.7 Å². The van der Waals surface area contributed by atoms with Gasteiger partial charge in [0.25, 0.3) is 0 Å². The molecule has 0 bridgehead atoms. The van der Waals surface area contributed by atoms with E-state index in [1.54, 1.807) is 21.2 Å². The highest BCUT2D eigenvalue weighted by molar-refractivity contribution is 7.98. The number of piperazine rings is 1. The van der Waals surface area contributed by atoms with Crippen LogP contribution in [-0.2, 0) is 15.9 Å². The Labute approximate surface area is 230 Å². The van der Waals surface area contributed by atoms with Crippen molar-refractivity contribution in [3.8, 4) is 0 Å². The minimum Gasteiger partial charge on any atom is -0.444 e. The van der Waals surface area contributed by atoms with Gasteiger partial charge >= 0.3 is 12.2 Å². The van der Waals surface area contributed by atoms with Crippen LogP contribution in [0.3, 0.4) is 0 Å². The topological polar surface area (TPSA) is 64.0 Å². The number of rotatable bonds is 4. The predicted molar refractivity (Wildman–Crippen MR) is 155 cm³/mol. The highest BCUT2D eigenvalue weighted by atomic mass is 32.2. The molecule has 2 aromatic carbocycles. The van der Waals surface area contributed by atoms with Gasteiger partial charge in [-0.05, 0) is 65.0 Å². The summed E-state index contributed by atoms with van der Waals surface area (Å²) >= 11 is 1.56. The standard InChI is InChI=1S/C30H39N3O4S/c1-29(2,3)36-27(34)32-18-16-31(17-19-32)24-15-11-14-22-23(20-21-12-9-8-10-13-21)26(38-7)33(25(22)24)28(35)37-30(4,5)6/h8-15H,16-20H2,1-7H3. The van der Waals surface area contributed by atoms with Crippen LogP contribution in [0.2, 0.25) is 0 Å². The zero-order valence-corrected chi connectivity index (χ0v) is 24.4. The maximum Gasteiger partial charge on any atom is 0.419 e. The lowest BCUT2D eigenvalue weighted by atomic mass is 10.0. The smallest absolute Gasteiger partial charge is 0.419 e. The van der Waals surface area contributed by atoms with Gasteiger partial charge in [0.1, 0.15) is 11.2 Å². The lowest BCUT2D eigenvalue weighted by molar-refractivity contribution is 0.0240. The second kappa shape index (κ2) is 10.9. The molecule has 1 amide bonds. The van der Waals surface area contributed by atoms with E-state index in [-0.39, 0.29) is 12.2 Å². The molecule has 1 aliphatic rings. The molecule has 204 valence electrons. The van der Waals surface area contributed by atoms with Gasteiger partial charge in [-0.15, -0.1) is 11.8 Å². The van der Waals surface area contributed by atoms with Crippen LogP contribution in [-0.4, -0.2) is 65.3 Å². The first-order chi connectivity index (χ1) is 17.9. The van der Waals surface area contributed by atoms with Gasteiger partial charge in [-0.1, -0.05) is 42.5 Å². The van der Waals surface area contributed by atoms with Crippen LogP contribution < -0.4 is 4.90 Å². The number of fused-ring (bicyclic) bond motifs is 1. The zero-order chi connectivity index (χ0) is 27.7. The Bertz CT molecular complexity index is 1300. The summed E-state index contributed by atoms with van der Waals surface area (Å²) in [7, 11) is 0. The summed E-state index contributed by atoms with van der Waals surface area (Å²) in [6, 6.07) is 16.5. The van der Waals surface area contributed by atoms with Gasteiger partial charge < -0.3 is 19.3 Å². The number of para-hydroxylation sites is 1. The molecule has 38 heavy (non-hydrogen) atoms. The van der Waals surface area contributed by atoms with Gasteiger partial charge in [-0.25, -0.2) is 14.2 Å². The summed E-state index contributed by atoms with van der Waals surface area (Å²) in [5.74, 6) is 0. The fourth-order valence-electron chi connectivity index (χ4n) is 4.74. The fraction of sp³-hybridized carbons (Fsp3) is 0.467. The van der Waals surface area contributed by atoms with Crippen molar-refractivity contribution in [2.45, 2.75) is 64.2 Å². The SMILES string of the molecule is CSc1c(Cc2ccccc2)c2cccc(N3CCN(C(=O)OC(C)(C)C)CC3)c2n1C(=O)OC(C)(C)C. The monoisotopic (exact) mass is 537 g/mol. The van der Waals surface area contributed by atoms with E-state index in [2.05, 4.69) is 35.2 Å². The summed E-state index contributed by atoms with van der Waals surface area (Å²) in [6.07, 6.45) is 2.04. The Morgan fingerprint density at radius 2 is 1.42 bits per heavy atom. The van der Waals surface area contributed by atoms with E-state index in [1.807, 2.05) is 66.0 Å². The average molecular weight is 538 g/mol. The Morgan fingerprint density at radius 3 is 2.00 bits per heavy atom. The van der Waals surface area contributed by atoms with E-state index in [1.165, 1.54) is 5.56 Å². The lowest BCUT2D eigenvalue weighted by Crippen LogP contribution is -2.50. The number of benzene rings is 2. The van der Waals surface area contributed by atoms with Crippen molar-refractivity contribution in [1.29, 1.82) is 0 Å². The second-order valence-electron chi connectivity index (χ2n) is 11.6. The van der Waals surface area contributed by atoms with Crippen LogP contribution in [0.5, 0.6) is 0 Å². The average Bonchev–Trinajstić information content (AvgIpc) is 3.16. The molecule has 1 aromatic heterocycles. The van der Waals surface area contributed by atoms with Crippen LogP contribution in [0.1, 0.15) is 52.7 Å². The number of carbonyl (C=O) groups excluding carboxylic acids is 2. The van der Waals surface area contributed by atoms with Crippen LogP contribution in [0.15, 0.2) is 53.6 Å². The van der Waals surface area contributed by atoms with Gasteiger partial charge in [-0.3, -0.25) is 0 Å². The number of hydrogen-bond donors (Lipinski definition) is 0. The molecule has 3 aromatic rings. The fourth-order valence-corrected chi connectivity index (χ4v) is 5.52. The molecule has 0 N–H and O–H groups in total. The van der Waals surface area contributed by atoms with Crippen LogP contribution in [0.4, 0.5) is 15.3 Å². The number of hydrogen-bond acceptors (Lipinski definition) is 6. The number of amides is 1. The number of anilines is 1. The highest BCUT2D eigenvalue weighted by Gasteiger charge is 2.31. The number of ether oxygens (including phenoxy) is 2. The largest absolute Gasteiger partial charge is 0.444 e. The highest BCUT2D eigenvalue weighted by Crippen LogP contribution is 2.39. The Kier molecular flexibility index (Phi) is 8.02. The molecular formula is C30H39N3O4S. The molecule has 1 saturated heterocycles. The third kappa shape index (κ3) is 6.29. The minimum atomic E-state index is -0.628. The second-order valence-corrected chi connectivity index (χ2v) is 12.4. The van der Waals surface area contributed by atoms with Crippen LogP contribution in [0.25, 0.3) is 10.9 Å². The molecule has 1 fully saturated rings. The van der Waals surface area contributed by atoms with Crippen molar-refractivity contribution in [1.82, 2.24) is 9.47 Å². The third-order valence-electron chi connectivity index (χ3n) is 6.29. The van der Waals surface area contributed by atoms with E-state index in [0.717, 1.165) is 27.2 Å².